The Balaban J connectivity index is 1.69. The normalized spacial score (nSPS) is 21.1. The molecular weight excluding hydrogens is 290 g/mol. The van der Waals surface area contributed by atoms with E-state index in [4.69, 9.17) is 9.47 Å². The van der Waals surface area contributed by atoms with Crippen LogP contribution in [-0.4, -0.2) is 31.7 Å². The molecule has 0 heterocycles. The lowest BCUT2D eigenvalue weighted by molar-refractivity contribution is 0.0956. The van der Waals surface area contributed by atoms with E-state index in [1.165, 1.54) is 0 Å². The molecule has 2 rings (SSSR count). The molecule has 0 unspecified atom stereocenters. The summed E-state index contributed by atoms with van der Waals surface area (Å²) in [5.74, 6) is 1.18. The maximum atomic E-state index is 12.1. The minimum absolute atomic E-state index is 0.241. The molecular formula is C19H27NO3. The van der Waals surface area contributed by atoms with Crippen LogP contribution in [0.1, 0.15) is 31.2 Å². The fourth-order valence-electron chi connectivity index (χ4n) is 3.04. The van der Waals surface area contributed by atoms with E-state index in [-0.39, 0.29) is 6.09 Å². The van der Waals surface area contributed by atoms with Gasteiger partial charge in [0.1, 0.15) is 6.61 Å². The fourth-order valence-corrected chi connectivity index (χ4v) is 3.04. The Labute approximate surface area is 139 Å². The molecule has 0 N–H and O–H groups in total. The highest BCUT2D eigenvalue weighted by molar-refractivity contribution is 5.67. The van der Waals surface area contributed by atoms with Gasteiger partial charge in [-0.25, -0.2) is 4.79 Å². The number of amides is 1. The largest absolute Gasteiger partial charge is 0.505 e. The molecule has 0 aliphatic heterocycles. The van der Waals surface area contributed by atoms with Crippen molar-refractivity contribution in [3.63, 3.8) is 0 Å². The Morgan fingerprint density at radius 1 is 1.22 bits per heavy atom. The van der Waals surface area contributed by atoms with Crippen molar-refractivity contribution in [1.82, 2.24) is 4.90 Å². The maximum Gasteiger partial charge on any atom is 0.409 e. The fraction of sp³-hybridized carbons (Fsp3) is 0.526. The Morgan fingerprint density at radius 3 is 2.57 bits per heavy atom. The third-order valence-corrected chi connectivity index (χ3v) is 4.43. The highest BCUT2D eigenvalue weighted by Gasteiger charge is 2.22. The van der Waals surface area contributed by atoms with Gasteiger partial charge in [-0.05, 0) is 49.2 Å². The van der Waals surface area contributed by atoms with Gasteiger partial charge >= 0.3 is 6.09 Å². The van der Waals surface area contributed by atoms with E-state index in [2.05, 4.69) is 6.08 Å². The Bertz CT molecular complexity index is 493. The van der Waals surface area contributed by atoms with Crippen molar-refractivity contribution in [2.45, 2.75) is 32.3 Å². The van der Waals surface area contributed by atoms with Gasteiger partial charge in [-0.2, -0.15) is 0 Å². The van der Waals surface area contributed by atoms with Crippen LogP contribution in [0, 0.1) is 11.8 Å². The third-order valence-electron chi connectivity index (χ3n) is 4.43. The number of methoxy groups -OCH3 is 1. The number of carbonyl (C=O) groups excluding carboxylic acids is 1. The zero-order chi connectivity index (χ0) is 16.5. The number of hydrogen-bond donors (Lipinski definition) is 0. The molecule has 1 aliphatic carbocycles. The Morgan fingerprint density at radius 2 is 1.91 bits per heavy atom. The van der Waals surface area contributed by atoms with Crippen LogP contribution in [0.4, 0.5) is 4.79 Å². The molecule has 0 bridgehead atoms. The first-order valence-corrected chi connectivity index (χ1v) is 8.30. The summed E-state index contributed by atoms with van der Waals surface area (Å²) in [6.07, 6.45) is 8.31. The highest BCUT2D eigenvalue weighted by Crippen LogP contribution is 2.30. The van der Waals surface area contributed by atoms with E-state index in [1.54, 1.807) is 18.3 Å². The van der Waals surface area contributed by atoms with Crippen molar-refractivity contribution in [2.75, 3.05) is 20.7 Å². The van der Waals surface area contributed by atoms with Crippen molar-refractivity contribution in [3.05, 3.63) is 48.2 Å². The first-order chi connectivity index (χ1) is 11.2. The molecule has 0 saturated heterocycles. The summed E-state index contributed by atoms with van der Waals surface area (Å²) in [7, 11) is 3.50. The van der Waals surface area contributed by atoms with Crippen LogP contribution in [0.25, 0.3) is 0 Å². The number of carbonyl (C=O) groups is 1. The predicted molar refractivity (Wildman–Crippen MR) is 90.9 cm³/mol. The van der Waals surface area contributed by atoms with Crippen LogP contribution in [0.3, 0.4) is 0 Å². The van der Waals surface area contributed by atoms with Crippen LogP contribution >= 0.6 is 0 Å². The SMILES string of the molecule is COC=CC1CCC(CN(C)C(=O)OCc2ccccc2)CC1. The molecule has 4 nitrogen and oxygen atoms in total. The second kappa shape index (κ2) is 9.23. The smallest absolute Gasteiger partial charge is 0.409 e. The lowest BCUT2D eigenvalue weighted by Gasteiger charge is -2.29. The molecule has 0 aromatic heterocycles. The standard InChI is InChI=1S/C19H27NO3/c1-20(19(21)23-15-18-6-4-3-5-7-18)14-17-10-8-16(9-11-17)12-13-22-2/h3-7,12-13,16-17H,8-11,14-15H2,1-2H3. The van der Waals surface area contributed by atoms with Crippen LogP contribution in [0.15, 0.2) is 42.7 Å². The summed E-state index contributed by atoms with van der Waals surface area (Å²) >= 11 is 0. The molecule has 0 radical (unpaired) electrons. The van der Waals surface area contributed by atoms with E-state index < -0.39 is 0 Å². The summed E-state index contributed by atoms with van der Waals surface area (Å²) in [5, 5.41) is 0. The van der Waals surface area contributed by atoms with Gasteiger partial charge < -0.3 is 14.4 Å². The molecule has 1 amide bonds. The van der Waals surface area contributed by atoms with Crippen LogP contribution in [0.5, 0.6) is 0 Å². The van der Waals surface area contributed by atoms with Crippen molar-refractivity contribution >= 4 is 6.09 Å². The second-order valence-electron chi connectivity index (χ2n) is 6.27. The number of benzene rings is 1. The number of allylic oxidation sites excluding steroid dienone is 1. The van der Waals surface area contributed by atoms with Crippen LogP contribution in [0.2, 0.25) is 0 Å². The molecule has 4 heteroatoms. The summed E-state index contributed by atoms with van der Waals surface area (Å²) < 4.78 is 10.3. The molecule has 1 fully saturated rings. The maximum absolute atomic E-state index is 12.1. The molecule has 23 heavy (non-hydrogen) atoms. The quantitative estimate of drug-likeness (QED) is 0.737. The zero-order valence-electron chi connectivity index (χ0n) is 14.1. The van der Waals surface area contributed by atoms with E-state index in [0.717, 1.165) is 37.8 Å². The molecule has 1 saturated carbocycles. The van der Waals surface area contributed by atoms with E-state index >= 15 is 0 Å². The second-order valence-corrected chi connectivity index (χ2v) is 6.27. The average molecular weight is 317 g/mol. The van der Waals surface area contributed by atoms with Gasteiger partial charge in [0, 0.05) is 13.6 Å². The summed E-state index contributed by atoms with van der Waals surface area (Å²) in [4.78, 5) is 13.8. The monoisotopic (exact) mass is 317 g/mol. The van der Waals surface area contributed by atoms with Crippen LogP contribution < -0.4 is 0 Å². The third kappa shape index (κ3) is 5.97. The van der Waals surface area contributed by atoms with Gasteiger partial charge in [-0.15, -0.1) is 0 Å². The van der Waals surface area contributed by atoms with E-state index in [1.807, 2.05) is 37.4 Å². The first kappa shape index (κ1) is 17.4. The molecule has 126 valence electrons. The van der Waals surface area contributed by atoms with Gasteiger partial charge in [0.2, 0.25) is 0 Å². The lowest BCUT2D eigenvalue weighted by atomic mass is 9.82. The van der Waals surface area contributed by atoms with E-state index in [0.29, 0.717) is 18.4 Å². The van der Waals surface area contributed by atoms with Gasteiger partial charge in [0.25, 0.3) is 0 Å². The predicted octanol–water partition coefficient (Wildman–Crippen LogP) is 4.22. The van der Waals surface area contributed by atoms with Crippen molar-refractivity contribution < 1.29 is 14.3 Å². The Hall–Kier alpha value is -1.97. The zero-order valence-corrected chi connectivity index (χ0v) is 14.1. The summed E-state index contributed by atoms with van der Waals surface area (Å²) in [6.45, 7) is 1.10. The average Bonchev–Trinajstić information content (AvgIpc) is 2.60. The van der Waals surface area contributed by atoms with Gasteiger partial charge in [-0.3, -0.25) is 0 Å². The molecule has 0 atom stereocenters. The molecule has 1 aromatic carbocycles. The van der Waals surface area contributed by atoms with Crippen molar-refractivity contribution in [2.24, 2.45) is 11.8 Å². The van der Waals surface area contributed by atoms with E-state index in [9.17, 15) is 4.79 Å². The number of ether oxygens (including phenoxy) is 2. The summed E-state index contributed by atoms with van der Waals surface area (Å²) in [5.41, 5.74) is 1.01. The van der Waals surface area contributed by atoms with Crippen molar-refractivity contribution in [3.8, 4) is 0 Å². The molecule has 1 aromatic rings. The molecule has 0 spiro atoms. The first-order valence-electron chi connectivity index (χ1n) is 8.30. The van der Waals surface area contributed by atoms with Gasteiger partial charge in [-0.1, -0.05) is 30.3 Å². The molecule has 1 aliphatic rings. The highest BCUT2D eigenvalue weighted by atomic mass is 16.6. The Kier molecular flexibility index (Phi) is 6.98. The number of rotatable bonds is 6. The lowest BCUT2D eigenvalue weighted by Crippen LogP contribution is -2.33. The van der Waals surface area contributed by atoms with Crippen LogP contribution in [-0.2, 0) is 16.1 Å². The van der Waals surface area contributed by atoms with Gasteiger partial charge in [0.05, 0.1) is 13.4 Å². The topological polar surface area (TPSA) is 38.8 Å². The number of nitrogens with zero attached hydrogens (tertiary/aromatic N) is 1. The number of hydrogen-bond acceptors (Lipinski definition) is 3. The minimum Gasteiger partial charge on any atom is -0.505 e. The van der Waals surface area contributed by atoms with Gasteiger partial charge in [0.15, 0.2) is 0 Å². The summed E-state index contributed by atoms with van der Waals surface area (Å²) in [6, 6.07) is 9.77. The van der Waals surface area contributed by atoms with Crippen molar-refractivity contribution in [1.29, 1.82) is 0 Å². The minimum atomic E-state index is -0.241.